The SMILES string of the molecule is Cn1cc(C(=O)N(c2ccc(O)cc2)c2cnc3c(ccn3C)c2)cc1-c1cc2c(cc1C(=O)N1Cc3ccccc3C[C@H]1CN1CCOCC1)OCO2. The second-order valence-corrected chi connectivity index (χ2v) is 14.1. The van der Waals surface area contributed by atoms with Gasteiger partial charge >= 0.3 is 0 Å². The predicted molar refractivity (Wildman–Crippen MR) is 203 cm³/mol. The molecule has 12 heteroatoms. The number of ether oxygens (including phenoxy) is 3. The van der Waals surface area contributed by atoms with Crippen molar-refractivity contribution >= 4 is 34.2 Å². The highest BCUT2D eigenvalue weighted by molar-refractivity contribution is 6.12. The van der Waals surface area contributed by atoms with Gasteiger partial charge in [0.2, 0.25) is 6.79 Å². The predicted octanol–water partition coefficient (Wildman–Crippen LogP) is 5.89. The first-order valence-corrected chi connectivity index (χ1v) is 18.1. The number of aryl methyl sites for hydroxylation is 2. The Kier molecular flexibility index (Phi) is 8.55. The molecule has 6 heterocycles. The van der Waals surface area contributed by atoms with Gasteiger partial charge in [0, 0.05) is 81.0 Å². The second kappa shape index (κ2) is 13.7. The number of rotatable bonds is 7. The molecule has 0 saturated carbocycles. The number of hydrogen-bond donors (Lipinski definition) is 1. The van der Waals surface area contributed by atoms with Crippen LogP contribution in [0.3, 0.4) is 0 Å². The van der Waals surface area contributed by atoms with Crippen molar-refractivity contribution in [3.8, 4) is 28.5 Å². The van der Waals surface area contributed by atoms with Crippen LogP contribution in [0.15, 0.2) is 97.5 Å². The van der Waals surface area contributed by atoms with Crippen LogP contribution >= 0.6 is 0 Å². The van der Waals surface area contributed by atoms with Gasteiger partial charge in [-0.15, -0.1) is 0 Å². The average Bonchev–Trinajstić information content (AvgIpc) is 3.93. The van der Waals surface area contributed by atoms with E-state index in [1.165, 1.54) is 5.56 Å². The first kappa shape index (κ1) is 33.7. The number of morpholine rings is 1. The van der Waals surface area contributed by atoms with Crippen molar-refractivity contribution in [1.29, 1.82) is 0 Å². The normalized spacial score (nSPS) is 16.8. The molecule has 3 aromatic heterocycles. The standard InChI is InChI=1S/C42H40N6O6/c1-44-12-11-28-18-32(22-43-40(28)44)48(31-7-9-34(49)10-8-31)41(50)30-19-37(45(2)23-30)35-20-38-39(54-26-53-38)21-36(35)42(51)47-24-29-6-4-3-5-27(29)17-33(47)25-46-13-15-52-16-14-46/h3-12,18-23,33,49H,13-17,24-26H2,1-2H3/t33-/m0/s1. The first-order valence-electron chi connectivity index (χ1n) is 18.1. The molecule has 54 heavy (non-hydrogen) atoms. The molecule has 2 amide bonds. The fraction of sp³-hybridized carbons (Fsp3) is 0.262. The third-order valence-corrected chi connectivity index (χ3v) is 10.7. The van der Waals surface area contributed by atoms with Crippen LogP contribution in [0, 0.1) is 0 Å². The van der Waals surface area contributed by atoms with E-state index < -0.39 is 0 Å². The molecule has 3 aromatic carbocycles. The summed E-state index contributed by atoms with van der Waals surface area (Å²) in [5.74, 6) is 0.730. The van der Waals surface area contributed by atoms with Crippen LogP contribution in [0.2, 0.25) is 0 Å². The van der Waals surface area contributed by atoms with Crippen LogP contribution < -0.4 is 14.4 Å². The number of phenolic OH excluding ortho intramolecular Hbond substituents is 1. The number of aromatic nitrogens is 3. The molecule has 1 atom stereocenters. The third-order valence-electron chi connectivity index (χ3n) is 10.7. The Balaban J connectivity index is 1.11. The van der Waals surface area contributed by atoms with Crippen molar-refractivity contribution in [3.63, 3.8) is 0 Å². The summed E-state index contributed by atoms with van der Waals surface area (Å²) in [6, 6.07) is 24.1. The number of carbonyl (C=O) groups excluding carboxylic acids is 2. The number of fused-ring (bicyclic) bond motifs is 3. The number of amides is 2. The second-order valence-electron chi connectivity index (χ2n) is 14.1. The minimum absolute atomic E-state index is 0.0521. The van der Waals surface area contributed by atoms with E-state index in [1.807, 2.05) is 64.7 Å². The van der Waals surface area contributed by atoms with E-state index in [4.69, 9.17) is 14.2 Å². The molecule has 1 saturated heterocycles. The number of aromatic hydroxyl groups is 1. The highest BCUT2D eigenvalue weighted by atomic mass is 16.7. The summed E-state index contributed by atoms with van der Waals surface area (Å²) in [5, 5.41) is 11.0. The van der Waals surface area contributed by atoms with Gasteiger partial charge in [-0.1, -0.05) is 24.3 Å². The molecule has 1 N–H and O–H groups in total. The van der Waals surface area contributed by atoms with E-state index in [1.54, 1.807) is 47.6 Å². The maximum Gasteiger partial charge on any atom is 0.264 e. The highest BCUT2D eigenvalue weighted by Gasteiger charge is 2.35. The Hall–Kier alpha value is -6.11. The summed E-state index contributed by atoms with van der Waals surface area (Å²) in [6.45, 7) is 4.29. The van der Waals surface area contributed by atoms with Crippen molar-refractivity contribution in [2.75, 3.05) is 44.5 Å². The Morgan fingerprint density at radius 2 is 1.65 bits per heavy atom. The number of nitrogens with zero attached hydrogens (tertiary/aromatic N) is 6. The van der Waals surface area contributed by atoms with Crippen LogP contribution in [0.4, 0.5) is 11.4 Å². The molecular formula is C42H40N6O6. The van der Waals surface area contributed by atoms with Crippen molar-refractivity contribution in [3.05, 3.63) is 120 Å². The monoisotopic (exact) mass is 724 g/mol. The van der Waals surface area contributed by atoms with Gasteiger partial charge in [0.15, 0.2) is 11.5 Å². The highest BCUT2D eigenvalue weighted by Crippen LogP contribution is 2.41. The Bertz CT molecular complexity index is 2390. The first-order chi connectivity index (χ1) is 26.3. The van der Waals surface area contributed by atoms with Crippen LogP contribution in [0.5, 0.6) is 17.2 Å². The van der Waals surface area contributed by atoms with Gasteiger partial charge in [0.25, 0.3) is 11.8 Å². The van der Waals surface area contributed by atoms with E-state index in [9.17, 15) is 14.7 Å². The average molecular weight is 725 g/mol. The molecule has 0 spiro atoms. The lowest BCUT2D eigenvalue weighted by Gasteiger charge is -2.40. The molecule has 12 nitrogen and oxygen atoms in total. The van der Waals surface area contributed by atoms with Crippen LogP contribution in [0.25, 0.3) is 22.3 Å². The van der Waals surface area contributed by atoms with E-state index >= 15 is 0 Å². The smallest absolute Gasteiger partial charge is 0.264 e. The van der Waals surface area contributed by atoms with E-state index in [2.05, 4.69) is 28.1 Å². The zero-order valence-electron chi connectivity index (χ0n) is 30.1. The van der Waals surface area contributed by atoms with E-state index in [0.29, 0.717) is 65.0 Å². The zero-order valence-corrected chi connectivity index (χ0v) is 30.1. The molecule has 3 aliphatic heterocycles. The summed E-state index contributed by atoms with van der Waals surface area (Å²) in [4.78, 5) is 40.3. The van der Waals surface area contributed by atoms with Gasteiger partial charge < -0.3 is 33.4 Å². The van der Waals surface area contributed by atoms with E-state index in [0.717, 1.165) is 42.7 Å². The zero-order chi connectivity index (χ0) is 36.9. The number of hydrogen-bond acceptors (Lipinski definition) is 8. The van der Waals surface area contributed by atoms with Gasteiger partial charge in [0.1, 0.15) is 11.4 Å². The van der Waals surface area contributed by atoms with Crippen molar-refractivity contribution in [1.82, 2.24) is 23.9 Å². The maximum absolute atomic E-state index is 15.0. The summed E-state index contributed by atoms with van der Waals surface area (Å²) in [6.07, 6.45) is 6.13. The van der Waals surface area contributed by atoms with Gasteiger partial charge in [0.05, 0.1) is 36.2 Å². The van der Waals surface area contributed by atoms with Gasteiger partial charge in [-0.2, -0.15) is 0 Å². The van der Waals surface area contributed by atoms with Crippen LogP contribution in [-0.2, 0) is 31.8 Å². The van der Waals surface area contributed by atoms with Crippen molar-refractivity contribution in [2.24, 2.45) is 14.1 Å². The topological polar surface area (TPSA) is 115 Å². The molecule has 274 valence electrons. The maximum atomic E-state index is 15.0. The van der Waals surface area contributed by atoms with Crippen molar-refractivity contribution in [2.45, 2.75) is 19.0 Å². The fourth-order valence-corrected chi connectivity index (χ4v) is 7.88. The lowest BCUT2D eigenvalue weighted by molar-refractivity contribution is 0.0193. The molecule has 0 unspecified atom stereocenters. The van der Waals surface area contributed by atoms with E-state index in [-0.39, 0.29) is 30.4 Å². The number of benzene rings is 3. The van der Waals surface area contributed by atoms with Gasteiger partial charge in [-0.05, 0) is 72.1 Å². The molecule has 9 rings (SSSR count). The number of phenols is 1. The van der Waals surface area contributed by atoms with Crippen LogP contribution in [0.1, 0.15) is 31.8 Å². The Labute approximate surface area is 312 Å². The van der Waals surface area contributed by atoms with Gasteiger partial charge in [-0.3, -0.25) is 19.4 Å². The molecule has 0 bridgehead atoms. The third kappa shape index (κ3) is 6.12. The lowest BCUT2D eigenvalue weighted by Crippen LogP contribution is -2.52. The summed E-state index contributed by atoms with van der Waals surface area (Å²) >= 11 is 0. The number of pyridine rings is 1. The largest absolute Gasteiger partial charge is 0.508 e. The Morgan fingerprint density at radius 3 is 2.44 bits per heavy atom. The van der Waals surface area contributed by atoms with Crippen LogP contribution in [-0.4, -0.2) is 86.5 Å². The van der Waals surface area contributed by atoms with Crippen molar-refractivity contribution < 1.29 is 28.9 Å². The molecular weight excluding hydrogens is 684 g/mol. The van der Waals surface area contributed by atoms with Gasteiger partial charge in [-0.25, -0.2) is 4.98 Å². The molecule has 3 aliphatic rings. The quantitative estimate of drug-likeness (QED) is 0.217. The summed E-state index contributed by atoms with van der Waals surface area (Å²) in [5.41, 5.74) is 6.51. The number of carbonyl (C=O) groups is 2. The molecule has 6 aromatic rings. The molecule has 0 radical (unpaired) electrons. The minimum atomic E-state index is -0.300. The minimum Gasteiger partial charge on any atom is -0.508 e. The number of anilines is 2. The Morgan fingerprint density at radius 1 is 0.889 bits per heavy atom. The lowest BCUT2D eigenvalue weighted by atomic mass is 9.92. The fourth-order valence-electron chi connectivity index (χ4n) is 7.88. The molecule has 0 aliphatic carbocycles. The summed E-state index contributed by atoms with van der Waals surface area (Å²) in [7, 11) is 3.79. The summed E-state index contributed by atoms with van der Waals surface area (Å²) < 4.78 is 21.0. The molecule has 1 fully saturated rings.